The van der Waals surface area contributed by atoms with Crippen LogP contribution in [-0.4, -0.2) is 42.6 Å². The Hall–Kier alpha value is -4.41. The highest BCUT2D eigenvalue weighted by Gasteiger charge is 2.45. The molecule has 38 heavy (non-hydrogen) atoms. The average Bonchev–Trinajstić information content (AvgIpc) is 3.53. The first-order chi connectivity index (χ1) is 18.0. The van der Waals surface area contributed by atoms with Crippen LogP contribution in [0.4, 0.5) is 20.7 Å². The van der Waals surface area contributed by atoms with Crippen LogP contribution in [0.15, 0.2) is 43.0 Å². The molecule has 4 aromatic rings. The summed E-state index contributed by atoms with van der Waals surface area (Å²) < 4.78 is 22.8. The Morgan fingerprint density at radius 3 is 2.63 bits per heavy atom. The van der Waals surface area contributed by atoms with Crippen molar-refractivity contribution in [3.8, 4) is 11.1 Å². The largest absolute Gasteiger partial charge is 0.444 e. The van der Waals surface area contributed by atoms with Crippen molar-refractivity contribution in [1.29, 1.82) is 0 Å². The summed E-state index contributed by atoms with van der Waals surface area (Å²) in [7, 11) is 1.78. The molecular weight excluding hydrogens is 489 g/mol. The number of anilines is 2. The number of aryl methyl sites for hydroxylation is 2. The summed E-state index contributed by atoms with van der Waals surface area (Å²) in [4.78, 5) is 33.9. The Morgan fingerprint density at radius 1 is 1.16 bits per heavy atom. The first-order valence-electron chi connectivity index (χ1n) is 12.2. The molecule has 196 valence electrons. The van der Waals surface area contributed by atoms with E-state index < -0.39 is 17.5 Å². The summed E-state index contributed by atoms with van der Waals surface area (Å²) in [5.74, 6) is -0.706. The van der Waals surface area contributed by atoms with Gasteiger partial charge in [-0.25, -0.2) is 14.2 Å². The van der Waals surface area contributed by atoms with Gasteiger partial charge < -0.3 is 10.1 Å². The Kier molecular flexibility index (Phi) is 6.29. The number of benzene rings is 1. The molecule has 5 rings (SSSR count). The van der Waals surface area contributed by atoms with E-state index in [-0.39, 0.29) is 29.0 Å². The van der Waals surface area contributed by atoms with Crippen LogP contribution in [-0.2, 0) is 16.6 Å². The van der Waals surface area contributed by atoms with Crippen molar-refractivity contribution in [2.24, 2.45) is 13.0 Å². The number of hydrogen-bond donors (Lipinski definition) is 2. The van der Waals surface area contributed by atoms with Gasteiger partial charge >= 0.3 is 6.09 Å². The fourth-order valence-corrected chi connectivity index (χ4v) is 4.37. The summed E-state index contributed by atoms with van der Waals surface area (Å²) in [5, 5.41) is 14.4. The van der Waals surface area contributed by atoms with Crippen LogP contribution in [0.25, 0.3) is 21.9 Å². The normalized spacial score (nSPS) is 16.8. The lowest BCUT2D eigenvalue weighted by Crippen LogP contribution is -2.27. The minimum absolute atomic E-state index is 0.0167. The SMILES string of the molecule is Cc1ccncc1-c1cc2cc(NC(=O)[C@H]3C[C@@H]3c3cn(C)nn3)ncc2c(NC(=O)OC(C)(C)C)c1F. The third-order valence-corrected chi connectivity index (χ3v) is 6.30. The van der Waals surface area contributed by atoms with Crippen LogP contribution in [0, 0.1) is 18.7 Å². The highest BCUT2D eigenvalue weighted by Crippen LogP contribution is 2.47. The van der Waals surface area contributed by atoms with Crippen LogP contribution < -0.4 is 10.6 Å². The van der Waals surface area contributed by atoms with Crippen LogP contribution in [0.3, 0.4) is 0 Å². The van der Waals surface area contributed by atoms with E-state index in [4.69, 9.17) is 4.74 Å². The monoisotopic (exact) mass is 517 g/mol. The molecule has 0 spiro atoms. The van der Waals surface area contributed by atoms with Gasteiger partial charge in [0.1, 0.15) is 11.4 Å². The minimum Gasteiger partial charge on any atom is -0.444 e. The number of aromatic nitrogens is 5. The van der Waals surface area contributed by atoms with E-state index in [0.717, 1.165) is 11.3 Å². The first kappa shape index (κ1) is 25.2. The van der Waals surface area contributed by atoms with E-state index in [2.05, 4.69) is 30.9 Å². The van der Waals surface area contributed by atoms with Gasteiger partial charge in [0.2, 0.25) is 5.91 Å². The van der Waals surface area contributed by atoms with Gasteiger partial charge in [-0.2, -0.15) is 0 Å². The quantitative estimate of drug-likeness (QED) is 0.383. The zero-order valence-electron chi connectivity index (χ0n) is 21.7. The van der Waals surface area contributed by atoms with Gasteiger partial charge in [-0.15, -0.1) is 5.10 Å². The Labute approximate surface area is 218 Å². The van der Waals surface area contributed by atoms with Gasteiger partial charge in [-0.05, 0) is 63.3 Å². The molecule has 3 aromatic heterocycles. The topological polar surface area (TPSA) is 124 Å². The number of hydrogen-bond acceptors (Lipinski definition) is 7. The van der Waals surface area contributed by atoms with Crippen molar-refractivity contribution < 1.29 is 18.7 Å². The molecule has 2 amide bonds. The molecule has 0 unspecified atom stereocenters. The van der Waals surface area contributed by atoms with Crippen LogP contribution in [0.2, 0.25) is 0 Å². The molecule has 0 bridgehead atoms. The zero-order chi connectivity index (χ0) is 27.2. The second kappa shape index (κ2) is 9.47. The first-order valence-corrected chi connectivity index (χ1v) is 12.2. The minimum atomic E-state index is -0.793. The van der Waals surface area contributed by atoms with Gasteiger partial charge in [-0.1, -0.05) is 5.21 Å². The van der Waals surface area contributed by atoms with E-state index in [1.165, 1.54) is 6.20 Å². The van der Waals surface area contributed by atoms with Gasteiger partial charge in [0.25, 0.3) is 0 Å². The van der Waals surface area contributed by atoms with Gasteiger partial charge in [0, 0.05) is 60.2 Å². The molecule has 0 radical (unpaired) electrons. The average molecular weight is 518 g/mol. The number of ether oxygens (including phenoxy) is 1. The second-order valence-corrected chi connectivity index (χ2v) is 10.5. The lowest BCUT2D eigenvalue weighted by molar-refractivity contribution is -0.117. The summed E-state index contributed by atoms with van der Waals surface area (Å²) in [5.41, 5.74) is 1.59. The summed E-state index contributed by atoms with van der Waals surface area (Å²) in [6.07, 6.45) is 6.31. The molecule has 1 aliphatic rings. The van der Waals surface area contributed by atoms with Gasteiger partial charge in [0.05, 0.1) is 11.4 Å². The second-order valence-electron chi connectivity index (χ2n) is 10.5. The van der Waals surface area contributed by atoms with E-state index in [0.29, 0.717) is 28.6 Å². The number of nitrogens with one attached hydrogen (secondary N) is 2. The van der Waals surface area contributed by atoms with Crippen molar-refractivity contribution in [3.05, 3.63) is 60.1 Å². The number of halogens is 1. The molecule has 2 N–H and O–H groups in total. The highest BCUT2D eigenvalue weighted by molar-refractivity contribution is 6.04. The Bertz CT molecular complexity index is 1560. The molecule has 10 nitrogen and oxygen atoms in total. The fourth-order valence-electron chi connectivity index (χ4n) is 4.37. The molecule has 2 atom stereocenters. The van der Waals surface area contributed by atoms with Crippen molar-refractivity contribution in [3.63, 3.8) is 0 Å². The number of fused-ring (bicyclic) bond motifs is 1. The Morgan fingerprint density at radius 2 is 1.95 bits per heavy atom. The summed E-state index contributed by atoms with van der Waals surface area (Å²) in [6.45, 7) is 7.02. The molecule has 3 heterocycles. The maximum Gasteiger partial charge on any atom is 0.412 e. The maximum absolute atomic E-state index is 15.9. The van der Waals surface area contributed by atoms with E-state index >= 15 is 4.39 Å². The highest BCUT2D eigenvalue weighted by atomic mass is 19.1. The molecule has 11 heteroatoms. The molecule has 1 aromatic carbocycles. The Balaban J connectivity index is 1.49. The van der Waals surface area contributed by atoms with Gasteiger partial charge in [-0.3, -0.25) is 19.8 Å². The van der Waals surface area contributed by atoms with Crippen LogP contribution >= 0.6 is 0 Å². The molecule has 1 aliphatic carbocycles. The predicted octanol–water partition coefficient (Wildman–Crippen LogP) is 4.96. The van der Waals surface area contributed by atoms with Crippen molar-refractivity contribution >= 4 is 34.3 Å². The standard InChI is InChI=1S/C27H28FN7O3/c1-14-6-7-29-11-19(14)17-8-15-9-22(31-25(36)18-10-16(18)21-13-35(5)34-33-21)30-12-20(15)24(23(17)28)32-26(37)38-27(2,3)4/h6-9,11-13,16,18H,10H2,1-5H3,(H,32,37)(H,30,31,36)/t16-,18-/m0/s1. The zero-order valence-corrected chi connectivity index (χ0v) is 21.7. The molecule has 0 aliphatic heterocycles. The van der Waals surface area contributed by atoms with E-state index in [9.17, 15) is 9.59 Å². The van der Waals surface area contributed by atoms with E-state index in [1.54, 1.807) is 63.1 Å². The van der Waals surface area contributed by atoms with E-state index in [1.807, 2.05) is 13.1 Å². The maximum atomic E-state index is 15.9. The number of nitrogens with zero attached hydrogens (tertiary/aromatic N) is 5. The van der Waals surface area contributed by atoms with Crippen LogP contribution in [0.1, 0.15) is 44.4 Å². The lowest BCUT2D eigenvalue weighted by atomic mass is 9.98. The fraction of sp³-hybridized carbons (Fsp3) is 0.333. The lowest BCUT2D eigenvalue weighted by Gasteiger charge is -2.21. The number of pyridine rings is 2. The number of carbonyl (C=O) groups is 2. The third-order valence-electron chi connectivity index (χ3n) is 6.30. The van der Waals surface area contributed by atoms with Crippen molar-refractivity contribution in [1.82, 2.24) is 25.0 Å². The molecule has 0 saturated heterocycles. The van der Waals surface area contributed by atoms with Crippen molar-refractivity contribution in [2.75, 3.05) is 10.6 Å². The number of rotatable bonds is 5. The predicted molar refractivity (Wildman–Crippen MR) is 140 cm³/mol. The summed E-state index contributed by atoms with van der Waals surface area (Å²) in [6, 6.07) is 5.09. The summed E-state index contributed by atoms with van der Waals surface area (Å²) >= 11 is 0. The molecule has 1 saturated carbocycles. The number of carbonyl (C=O) groups excluding carboxylic acids is 2. The van der Waals surface area contributed by atoms with Crippen molar-refractivity contribution in [2.45, 2.75) is 45.6 Å². The number of amides is 2. The third kappa shape index (κ3) is 5.17. The molecule has 1 fully saturated rings. The van der Waals surface area contributed by atoms with Crippen LogP contribution in [0.5, 0.6) is 0 Å². The molecular formula is C27H28FN7O3. The smallest absolute Gasteiger partial charge is 0.412 e. The van der Waals surface area contributed by atoms with Gasteiger partial charge in [0.15, 0.2) is 5.82 Å².